The van der Waals surface area contributed by atoms with Gasteiger partial charge >= 0.3 is 0 Å². The van der Waals surface area contributed by atoms with Crippen molar-refractivity contribution in [3.63, 3.8) is 0 Å². The first-order valence-electron chi connectivity index (χ1n) is 8.79. The lowest BCUT2D eigenvalue weighted by molar-refractivity contribution is -0.0883. The maximum atomic E-state index is 14.2. The molecule has 27 heavy (non-hydrogen) atoms. The number of nitrogens with zero attached hydrogens (tertiary/aromatic N) is 3. The highest BCUT2D eigenvalue weighted by molar-refractivity contribution is 5.93. The van der Waals surface area contributed by atoms with Gasteiger partial charge in [0.05, 0.1) is 19.1 Å². The molecule has 1 aromatic carbocycles. The molecule has 1 unspecified atom stereocenters. The maximum Gasteiger partial charge on any atom is 0.280 e. The fourth-order valence-electron chi connectivity index (χ4n) is 3.55. The molecule has 6 nitrogen and oxygen atoms in total. The molecule has 1 fully saturated rings. The monoisotopic (exact) mass is 380 g/mol. The normalized spacial score (nSPS) is 21.8. The van der Waals surface area contributed by atoms with Crippen molar-refractivity contribution in [3.8, 4) is 5.75 Å². The molecular weight excluding hydrogens is 361 g/mol. The number of alkyl halides is 2. The second kappa shape index (κ2) is 6.88. The molecule has 1 atom stereocenters. The van der Waals surface area contributed by atoms with Crippen molar-refractivity contribution in [2.24, 2.45) is 0 Å². The Hall–Kier alpha value is -2.55. The third-order valence-corrected chi connectivity index (χ3v) is 4.87. The minimum Gasteiger partial charge on any atom is -0.487 e. The molecule has 0 bridgehead atoms. The van der Waals surface area contributed by atoms with E-state index in [1.54, 1.807) is 12.1 Å². The lowest BCUT2D eigenvalue weighted by Gasteiger charge is -2.41. The number of halogens is 3. The number of rotatable bonds is 4. The van der Waals surface area contributed by atoms with Gasteiger partial charge in [0.25, 0.3) is 11.8 Å². The van der Waals surface area contributed by atoms with Crippen LogP contribution in [0.4, 0.5) is 13.2 Å². The topological polar surface area (TPSA) is 59.4 Å². The molecule has 0 spiro atoms. The van der Waals surface area contributed by atoms with E-state index >= 15 is 0 Å². The predicted molar refractivity (Wildman–Crippen MR) is 90.2 cm³/mol. The number of benzene rings is 1. The number of piperidine rings is 1. The van der Waals surface area contributed by atoms with Crippen molar-refractivity contribution in [1.82, 2.24) is 20.0 Å². The summed E-state index contributed by atoms with van der Waals surface area (Å²) in [6.45, 7) is 0.628. The quantitative estimate of drug-likeness (QED) is 0.882. The summed E-state index contributed by atoms with van der Waals surface area (Å²) in [6.07, 6.45) is 0.211. The molecule has 4 rings (SSSR count). The summed E-state index contributed by atoms with van der Waals surface area (Å²) in [5.74, 6) is -3.47. The van der Waals surface area contributed by atoms with Gasteiger partial charge in [0.1, 0.15) is 29.6 Å². The van der Waals surface area contributed by atoms with Gasteiger partial charge in [0.15, 0.2) is 0 Å². The van der Waals surface area contributed by atoms with Crippen LogP contribution in [-0.4, -0.2) is 52.2 Å². The van der Waals surface area contributed by atoms with Crippen LogP contribution in [0.25, 0.3) is 0 Å². The highest BCUT2D eigenvalue weighted by Gasteiger charge is 2.47. The summed E-state index contributed by atoms with van der Waals surface area (Å²) in [5.41, 5.74) is 0.759. The van der Waals surface area contributed by atoms with Gasteiger partial charge in [-0.3, -0.25) is 9.48 Å². The number of hydrogen-bond acceptors (Lipinski definition) is 4. The Morgan fingerprint density at radius 2 is 2.15 bits per heavy atom. The van der Waals surface area contributed by atoms with E-state index in [0.29, 0.717) is 24.5 Å². The first-order chi connectivity index (χ1) is 12.9. The van der Waals surface area contributed by atoms with Crippen LogP contribution < -0.4 is 10.1 Å². The van der Waals surface area contributed by atoms with E-state index in [2.05, 4.69) is 10.4 Å². The number of amides is 1. The SMILES string of the molecule is O=C1c2cc(COc3cccc(F)c3)nn2CCN1C1CCNCC1(F)F. The molecule has 2 aromatic rings. The van der Waals surface area contributed by atoms with Gasteiger partial charge in [-0.05, 0) is 31.2 Å². The van der Waals surface area contributed by atoms with Gasteiger partial charge in [-0.1, -0.05) is 6.07 Å². The largest absolute Gasteiger partial charge is 0.487 e. The lowest BCUT2D eigenvalue weighted by atomic mass is 9.99. The summed E-state index contributed by atoms with van der Waals surface area (Å²) < 4.78 is 48.6. The molecule has 2 aliphatic rings. The summed E-state index contributed by atoms with van der Waals surface area (Å²) in [7, 11) is 0. The number of carbonyl (C=O) groups excluding carboxylic acids is 1. The van der Waals surface area contributed by atoms with Crippen LogP contribution in [0, 0.1) is 5.82 Å². The van der Waals surface area contributed by atoms with Gasteiger partial charge < -0.3 is 15.0 Å². The molecule has 144 valence electrons. The summed E-state index contributed by atoms with van der Waals surface area (Å²) in [4.78, 5) is 14.0. The second-order valence-electron chi connectivity index (χ2n) is 6.73. The lowest BCUT2D eigenvalue weighted by Crippen LogP contribution is -2.60. The van der Waals surface area contributed by atoms with Crippen molar-refractivity contribution in [3.05, 3.63) is 47.5 Å². The Morgan fingerprint density at radius 1 is 1.30 bits per heavy atom. The Labute approximate surface area is 153 Å². The number of aromatic nitrogens is 2. The highest BCUT2D eigenvalue weighted by atomic mass is 19.3. The van der Waals surface area contributed by atoms with E-state index in [-0.39, 0.29) is 25.3 Å². The maximum absolute atomic E-state index is 14.2. The number of carbonyl (C=O) groups is 1. The number of hydrogen-bond donors (Lipinski definition) is 1. The van der Waals surface area contributed by atoms with Crippen molar-refractivity contribution in [2.45, 2.75) is 31.5 Å². The molecule has 0 aliphatic carbocycles. The van der Waals surface area contributed by atoms with Crippen molar-refractivity contribution in [2.75, 3.05) is 19.6 Å². The zero-order valence-corrected chi connectivity index (χ0v) is 14.5. The zero-order chi connectivity index (χ0) is 19.0. The van der Waals surface area contributed by atoms with Gasteiger partial charge in [0.2, 0.25) is 0 Å². The van der Waals surface area contributed by atoms with E-state index in [4.69, 9.17) is 4.74 Å². The standard InChI is InChI=1S/C18H19F3N4O2/c19-12-2-1-3-14(8-12)27-10-13-9-15-17(26)24(6-7-25(15)23-13)16-4-5-22-11-18(16,20)21/h1-3,8-9,16,22H,4-7,10-11H2. The fourth-order valence-corrected chi connectivity index (χ4v) is 3.55. The van der Waals surface area contributed by atoms with Crippen LogP contribution in [0.1, 0.15) is 22.6 Å². The molecule has 3 heterocycles. The Balaban J connectivity index is 1.48. The van der Waals surface area contributed by atoms with E-state index in [9.17, 15) is 18.0 Å². The van der Waals surface area contributed by atoms with Crippen LogP contribution in [0.3, 0.4) is 0 Å². The molecule has 0 saturated carbocycles. The van der Waals surface area contributed by atoms with Crippen LogP contribution in [0.2, 0.25) is 0 Å². The van der Waals surface area contributed by atoms with Gasteiger partial charge in [-0.25, -0.2) is 13.2 Å². The fraction of sp³-hybridized carbons (Fsp3) is 0.444. The molecular formula is C18H19F3N4O2. The van der Waals surface area contributed by atoms with E-state index < -0.39 is 30.2 Å². The molecule has 1 aromatic heterocycles. The molecule has 1 N–H and O–H groups in total. The predicted octanol–water partition coefficient (Wildman–Crippen LogP) is 2.05. The van der Waals surface area contributed by atoms with Crippen LogP contribution >= 0.6 is 0 Å². The number of ether oxygens (including phenoxy) is 1. The first kappa shape index (κ1) is 17.8. The summed E-state index contributed by atoms with van der Waals surface area (Å²) >= 11 is 0. The van der Waals surface area contributed by atoms with Gasteiger partial charge in [0, 0.05) is 12.6 Å². The highest BCUT2D eigenvalue weighted by Crippen LogP contribution is 2.30. The molecule has 1 saturated heterocycles. The third kappa shape index (κ3) is 3.51. The smallest absolute Gasteiger partial charge is 0.280 e. The zero-order valence-electron chi connectivity index (χ0n) is 14.5. The molecule has 1 amide bonds. The van der Waals surface area contributed by atoms with E-state index in [0.717, 1.165) is 0 Å². The number of fused-ring (bicyclic) bond motifs is 1. The van der Waals surface area contributed by atoms with Gasteiger partial charge in [-0.2, -0.15) is 5.10 Å². The molecule has 2 aliphatic heterocycles. The van der Waals surface area contributed by atoms with Crippen molar-refractivity contribution in [1.29, 1.82) is 0 Å². The Bertz CT molecular complexity index is 855. The molecule has 9 heteroatoms. The van der Waals surface area contributed by atoms with Crippen molar-refractivity contribution < 1.29 is 22.7 Å². The van der Waals surface area contributed by atoms with Gasteiger partial charge in [-0.15, -0.1) is 0 Å². The van der Waals surface area contributed by atoms with Crippen LogP contribution in [0.5, 0.6) is 5.75 Å². The van der Waals surface area contributed by atoms with E-state index in [1.165, 1.54) is 27.8 Å². The van der Waals surface area contributed by atoms with Crippen molar-refractivity contribution >= 4 is 5.91 Å². The first-order valence-corrected chi connectivity index (χ1v) is 8.79. The van der Waals surface area contributed by atoms with E-state index in [1.807, 2.05) is 0 Å². The minimum absolute atomic E-state index is 0.0558. The second-order valence-corrected chi connectivity index (χ2v) is 6.73. The molecule has 0 radical (unpaired) electrons. The average molecular weight is 380 g/mol. The Kier molecular flexibility index (Phi) is 4.55. The summed E-state index contributed by atoms with van der Waals surface area (Å²) in [5, 5.41) is 6.97. The minimum atomic E-state index is -2.96. The third-order valence-electron chi connectivity index (χ3n) is 4.87. The summed E-state index contributed by atoms with van der Waals surface area (Å²) in [6, 6.07) is 6.15. The average Bonchev–Trinajstić information content (AvgIpc) is 3.05. The Morgan fingerprint density at radius 3 is 2.93 bits per heavy atom. The van der Waals surface area contributed by atoms with Crippen LogP contribution in [-0.2, 0) is 13.2 Å². The van der Waals surface area contributed by atoms with Crippen LogP contribution in [0.15, 0.2) is 30.3 Å². The number of nitrogens with one attached hydrogen (secondary N) is 1.